The van der Waals surface area contributed by atoms with Gasteiger partial charge in [0.25, 0.3) is 11.8 Å². The number of anilines is 2. The third-order valence-electron chi connectivity index (χ3n) is 6.47. The number of carbonyl (C=O) groups excluding carboxylic acids is 2. The van der Waals surface area contributed by atoms with E-state index in [2.05, 4.69) is 16.0 Å². The number of nitrogens with zero attached hydrogens (tertiary/aromatic N) is 1. The highest BCUT2D eigenvalue weighted by atomic mass is 16.5. The fourth-order valence-corrected chi connectivity index (χ4v) is 4.22. The predicted molar refractivity (Wildman–Crippen MR) is 157 cm³/mol. The molecule has 1 aliphatic heterocycles. The van der Waals surface area contributed by atoms with Gasteiger partial charge in [0.15, 0.2) is 11.9 Å². The van der Waals surface area contributed by atoms with Crippen LogP contribution in [0.3, 0.4) is 0 Å². The van der Waals surface area contributed by atoms with Crippen molar-refractivity contribution in [3.05, 3.63) is 95.1 Å². The summed E-state index contributed by atoms with van der Waals surface area (Å²) in [6.07, 6.45) is 2.79. The number of amides is 2. The Bertz CT molecular complexity index is 1450. The van der Waals surface area contributed by atoms with E-state index in [0.717, 1.165) is 23.1 Å². The van der Waals surface area contributed by atoms with Crippen LogP contribution in [0, 0.1) is 10.8 Å². The molecule has 0 unspecified atom stereocenters. The van der Waals surface area contributed by atoms with E-state index in [1.54, 1.807) is 54.5 Å². The predicted octanol–water partition coefficient (Wildman–Crippen LogP) is 3.17. The maximum atomic E-state index is 12.9. The second-order valence-corrected chi connectivity index (χ2v) is 9.18. The molecule has 9 N–H and O–H groups in total. The minimum Gasteiger partial charge on any atom is -0.495 e. The monoisotopic (exact) mass is 540 g/mol. The molecular formula is C29H32N8O3. The fraction of sp³-hybridized carbons (Fsp3) is 0.172. The van der Waals surface area contributed by atoms with Crippen molar-refractivity contribution in [1.82, 2.24) is 10.2 Å². The Kier molecular flexibility index (Phi) is 8.65. The van der Waals surface area contributed by atoms with Gasteiger partial charge in [0.1, 0.15) is 5.75 Å². The van der Waals surface area contributed by atoms with Crippen LogP contribution >= 0.6 is 0 Å². The van der Waals surface area contributed by atoms with Crippen LogP contribution in [0.4, 0.5) is 11.4 Å². The van der Waals surface area contributed by atoms with E-state index in [9.17, 15) is 9.59 Å². The van der Waals surface area contributed by atoms with E-state index in [0.29, 0.717) is 47.9 Å². The highest BCUT2D eigenvalue weighted by Gasteiger charge is 2.17. The Labute approximate surface area is 232 Å². The first kappa shape index (κ1) is 27.7. The van der Waals surface area contributed by atoms with Gasteiger partial charge in [-0.1, -0.05) is 24.3 Å². The maximum Gasteiger partial charge on any atom is 0.255 e. The largest absolute Gasteiger partial charge is 0.495 e. The molecule has 11 nitrogen and oxygen atoms in total. The molecule has 0 aromatic heterocycles. The smallest absolute Gasteiger partial charge is 0.255 e. The number of benzene rings is 3. The van der Waals surface area contributed by atoms with Gasteiger partial charge in [-0.25, -0.2) is 0 Å². The van der Waals surface area contributed by atoms with Crippen molar-refractivity contribution < 1.29 is 14.3 Å². The van der Waals surface area contributed by atoms with Gasteiger partial charge in [0, 0.05) is 36.4 Å². The molecular weight excluding hydrogens is 508 g/mol. The molecule has 0 atom stereocenters. The number of guanidine groups is 2. The highest BCUT2D eigenvalue weighted by molar-refractivity contribution is 6.07. The van der Waals surface area contributed by atoms with Crippen LogP contribution in [0.5, 0.6) is 5.75 Å². The zero-order valence-corrected chi connectivity index (χ0v) is 22.1. The van der Waals surface area contributed by atoms with Crippen LogP contribution in [-0.4, -0.2) is 48.8 Å². The van der Waals surface area contributed by atoms with Crippen molar-refractivity contribution in [2.75, 3.05) is 30.8 Å². The summed E-state index contributed by atoms with van der Waals surface area (Å²) in [4.78, 5) is 27.4. The first-order valence-electron chi connectivity index (χ1n) is 12.6. The van der Waals surface area contributed by atoms with E-state index >= 15 is 0 Å². The Morgan fingerprint density at radius 3 is 2.12 bits per heavy atom. The van der Waals surface area contributed by atoms with E-state index in [1.165, 1.54) is 0 Å². The summed E-state index contributed by atoms with van der Waals surface area (Å²) < 4.78 is 5.53. The van der Waals surface area contributed by atoms with E-state index in [4.69, 9.17) is 27.0 Å². The molecule has 0 saturated carbocycles. The number of rotatable bonds is 8. The lowest BCUT2D eigenvalue weighted by Crippen LogP contribution is -2.39. The van der Waals surface area contributed by atoms with Gasteiger partial charge in [0.05, 0.1) is 12.8 Å². The Morgan fingerprint density at radius 2 is 1.57 bits per heavy atom. The van der Waals surface area contributed by atoms with E-state index in [-0.39, 0.29) is 23.7 Å². The minimum atomic E-state index is -0.332. The highest BCUT2D eigenvalue weighted by Crippen LogP contribution is 2.31. The second-order valence-electron chi connectivity index (χ2n) is 9.18. The van der Waals surface area contributed by atoms with Crippen LogP contribution in [0.2, 0.25) is 0 Å². The Hall–Kier alpha value is -5.32. The number of nitrogens with one attached hydrogen (secondary N) is 5. The number of methoxy groups -OCH3 is 1. The fourth-order valence-electron chi connectivity index (χ4n) is 4.22. The van der Waals surface area contributed by atoms with Crippen molar-refractivity contribution >= 4 is 40.7 Å². The molecule has 1 aliphatic rings. The van der Waals surface area contributed by atoms with Crippen LogP contribution in [0.15, 0.2) is 72.8 Å². The summed E-state index contributed by atoms with van der Waals surface area (Å²) in [7, 11) is 1.55. The molecule has 11 heteroatoms. The molecule has 40 heavy (non-hydrogen) atoms. The normalized spacial score (nSPS) is 12.6. The number of hydrogen-bond donors (Lipinski definition) is 7. The molecule has 0 fully saturated rings. The number of ether oxygens (including phenoxy) is 1. The lowest BCUT2D eigenvalue weighted by Gasteiger charge is -2.26. The first-order valence-corrected chi connectivity index (χ1v) is 12.6. The number of nitrogens with two attached hydrogens (primary N) is 2. The van der Waals surface area contributed by atoms with Crippen LogP contribution in [0.25, 0.3) is 5.57 Å². The molecule has 0 radical (unpaired) electrons. The third kappa shape index (κ3) is 6.95. The van der Waals surface area contributed by atoms with Gasteiger partial charge in [-0.15, -0.1) is 0 Å². The molecule has 206 valence electrons. The molecule has 0 saturated heterocycles. The quantitative estimate of drug-likeness (QED) is 0.169. The summed E-state index contributed by atoms with van der Waals surface area (Å²) in [6.45, 7) is 1.66. The van der Waals surface area contributed by atoms with E-state index in [1.807, 2.05) is 30.3 Å². The van der Waals surface area contributed by atoms with E-state index < -0.39 is 0 Å². The van der Waals surface area contributed by atoms with Gasteiger partial charge >= 0.3 is 0 Å². The second kappa shape index (κ2) is 12.5. The molecule has 0 bridgehead atoms. The lowest BCUT2D eigenvalue weighted by molar-refractivity contribution is 0.101. The van der Waals surface area contributed by atoms with Gasteiger partial charge in [-0.2, -0.15) is 0 Å². The zero-order valence-electron chi connectivity index (χ0n) is 22.1. The first-order chi connectivity index (χ1) is 19.2. The molecule has 2 amide bonds. The summed E-state index contributed by atoms with van der Waals surface area (Å²) in [5, 5.41) is 23.2. The minimum absolute atomic E-state index is 0.0606. The van der Waals surface area contributed by atoms with Crippen molar-refractivity contribution in [3.63, 3.8) is 0 Å². The molecule has 1 heterocycles. The summed E-state index contributed by atoms with van der Waals surface area (Å²) in [5.74, 6) is -0.155. The van der Waals surface area contributed by atoms with Crippen molar-refractivity contribution in [1.29, 1.82) is 10.8 Å². The van der Waals surface area contributed by atoms with Crippen molar-refractivity contribution in [2.24, 2.45) is 11.5 Å². The average Bonchev–Trinajstić information content (AvgIpc) is 2.97. The molecule has 3 aromatic rings. The van der Waals surface area contributed by atoms with Gasteiger partial charge < -0.3 is 37.1 Å². The average molecular weight is 541 g/mol. The topological polar surface area (TPSA) is 182 Å². The Balaban J connectivity index is 1.37. The summed E-state index contributed by atoms with van der Waals surface area (Å²) in [5.41, 5.74) is 15.9. The van der Waals surface area contributed by atoms with Crippen molar-refractivity contribution in [2.45, 2.75) is 13.0 Å². The van der Waals surface area contributed by atoms with Crippen LogP contribution in [0.1, 0.15) is 38.3 Å². The maximum absolute atomic E-state index is 12.9. The summed E-state index contributed by atoms with van der Waals surface area (Å²) >= 11 is 0. The van der Waals surface area contributed by atoms with Crippen LogP contribution in [-0.2, 0) is 6.54 Å². The third-order valence-corrected chi connectivity index (χ3v) is 6.47. The van der Waals surface area contributed by atoms with Gasteiger partial charge in [-0.3, -0.25) is 20.4 Å². The Morgan fingerprint density at radius 1 is 0.925 bits per heavy atom. The number of carbonyl (C=O) groups is 2. The SMILES string of the molecule is COc1cc(C2=CCN(C(=N)N)CC2)ccc1NC(=O)c1ccc(C(=O)Nc2ccc(CNC(=N)N)cc2)cc1. The molecule has 3 aromatic carbocycles. The summed E-state index contributed by atoms with van der Waals surface area (Å²) in [6, 6.07) is 19.2. The van der Waals surface area contributed by atoms with Crippen LogP contribution < -0.4 is 32.2 Å². The molecule has 4 rings (SSSR count). The van der Waals surface area contributed by atoms with Crippen molar-refractivity contribution in [3.8, 4) is 5.75 Å². The number of hydrogen-bond acceptors (Lipinski definition) is 5. The van der Waals surface area contributed by atoms with Gasteiger partial charge in [0.2, 0.25) is 0 Å². The zero-order chi connectivity index (χ0) is 28.6. The molecule has 0 aliphatic carbocycles. The standard InChI is InChI=1S/C29H32N8O3/c1-40-25-16-22(19-12-14-37(15-13-19)29(32)33)8-11-24(25)36-27(39)21-6-4-20(5-7-21)26(38)35-23-9-2-18(3-10-23)17-34-28(30)31/h2-12,16H,13-15,17H2,1H3,(H3,32,33)(H,35,38)(H,36,39)(H4,30,31,34). The molecule has 0 spiro atoms. The lowest BCUT2D eigenvalue weighted by atomic mass is 9.99. The van der Waals surface area contributed by atoms with Gasteiger partial charge in [-0.05, 0) is 71.7 Å².